The zero-order valence-electron chi connectivity index (χ0n) is 11.1. The van der Waals surface area contributed by atoms with Crippen molar-refractivity contribution in [2.75, 3.05) is 19.2 Å². The highest BCUT2D eigenvalue weighted by Crippen LogP contribution is 2.19. The van der Waals surface area contributed by atoms with Gasteiger partial charge in [0.15, 0.2) is 11.5 Å². The lowest BCUT2D eigenvalue weighted by Crippen LogP contribution is -2.46. The van der Waals surface area contributed by atoms with E-state index in [0.717, 1.165) is 14.1 Å². The summed E-state index contributed by atoms with van der Waals surface area (Å²) in [4.78, 5) is 38.6. The van der Waals surface area contributed by atoms with Crippen LogP contribution in [0, 0.1) is 0 Å². The lowest BCUT2D eigenvalue weighted by atomic mass is 10.4. The molecule has 0 aliphatic carbocycles. The number of aromatic nitrogens is 2. The van der Waals surface area contributed by atoms with Gasteiger partial charge in [0.2, 0.25) is 0 Å². The summed E-state index contributed by atoms with van der Waals surface area (Å²) in [5.41, 5.74) is 1.15. The van der Waals surface area contributed by atoms with Crippen LogP contribution in [0.3, 0.4) is 0 Å². The molecule has 0 atom stereocenters. The Bertz CT molecular complexity index is 630. The number of hydrogen-bond donors (Lipinski definition) is 1. The maximum Gasteiger partial charge on any atom is 0.425 e. The molecule has 0 aromatic carbocycles. The number of amides is 1. The summed E-state index contributed by atoms with van der Waals surface area (Å²) in [5, 5.41) is 1.12. The summed E-state index contributed by atoms with van der Waals surface area (Å²) in [6.07, 6.45) is -0.756. The zero-order chi connectivity index (χ0) is 14.7. The Morgan fingerprint density at radius 3 is 2.42 bits per heavy atom. The molecule has 0 saturated carbocycles. The number of hydrazine groups is 1. The third-order valence-corrected chi connectivity index (χ3v) is 2.54. The van der Waals surface area contributed by atoms with Crippen LogP contribution in [0.15, 0.2) is 14.6 Å². The molecule has 0 unspecified atom stereocenters. The number of nitrogens with one attached hydrogen (secondary N) is 1. The van der Waals surface area contributed by atoms with Crippen LogP contribution in [0.25, 0.3) is 0 Å². The topological polar surface area (TPSA) is 97.9 Å². The number of methoxy groups -OCH3 is 1. The molecule has 9 nitrogen and oxygen atoms in total. The van der Waals surface area contributed by atoms with Gasteiger partial charge < -0.3 is 4.74 Å². The molecule has 1 aromatic heterocycles. The number of carbonyl (C=O) groups excluding carboxylic acids is 1. The highest BCUT2D eigenvalue weighted by Gasteiger charge is 2.19. The molecule has 104 valence electrons. The van der Waals surface area contributed by atoms with Crippen molar-refractivity contribution in [2.24, 2.45) is 19.1 Å². The van der Waals surface area contributed by atoms with E-state index in [9.17, 15) is 14.4 Å². The van der Waals surface area contributed by atoms with E-state index in [4.69, 9.17) is 0 Å². The molecular weight excluding hydrogens is 254 g/mol. The standard InChI is InChI=1S/C10H15N5O4/c1-11-7-6(15(4)12-9(17)19-5)8(16)14(3)10(18)13(7)2/h1H2,2-5H3,(H,12,17). The second-order valence-electron chi connectivity index (χ2n) is 3.70. The summed E-state index contributed by atoms with van der Waals surface area (Å²) in [6.45, 7) is 3.32. The number of rotatable bonds is 3. The molecule has 1 N–H and O–H groups in total. The van der Waals surface area contributed by atoms with Crippen LogP contribution in [0.5, 0.6) is 0 Å². The van der Waals surface area contributed by atoms with Gasteiger partial charge in [-0.1, -0.05) is 0 Å². The van der Waals surface area contributed by atoms with E-state index >= 15 is 0 Å². The first-order chi connectivity index (χ1) is 8.84. The predicted molar refractivity (Wildman–Crippen MR) is 70.1 cm³/mol. The molecule has 9 heteroatoms. The Hall–Kier alpha value is -2.58. The van der Waals surface area contributed by atoms with Crippen molar-refractivity contribution in [2.45, 2.75) is 0 Å². The Labute approximate surface area is 108 Å². The molecule has 0 bridgehead atoms. The molecular formula is C10H15N5O4. The summed E-state index contributed by atoms with van der Waals surface area (Å²) >= 11 is 0. The molecule has 0 fully saturated rings. The van der Waals surface area contributed by atoms with Gasteiger partial charge in [0.25, 0.3) is 5.56 Å². The monoisotopic (exact) mass is 269 g/mol. The number of ether oxygens (including phenoxy) is 1. The van der Waals surface area contributed by atoms with Crippen molar-refractivity contribution in [1.82, 2.24) is 14.6 Å². The molecule has 1 amide bonds. The normalized spacial score (nSPS) is 9.89. The Morgan fingerprint density at radius 1 is 1.37 bits per heavy atom. The fraction of sp³-hybridized carbons (Fsp3) is 0.400. The van der Waals surface area contributed by atoms with Gasteiger partial charge in [-0.05, 0) is 6.72 Å². The van der Waals surface area contributed by atoms with Crippen molar-refractivity contribution in [3.63, 3.8) is 0 Å². The summed E-state index contributed by atoms with van der Waals surface area (Å²) < 4.78 is 6.48. The minimum atomic E-state index is -0.756. The Morgan fingerprint density at radius 2 is 1.95 bits per heavy atom. The van der Waals surface area contributed by atoms with Gasteiger partial charge in [0.1, 0.15) is 0 Å². The molecule has 1 heterocycles. The van der Waals surface area contributed by atoms with E-state index in [2.05, 4.69) is 21.9 Å². The Balaban J connectivity index is 3.50. The summed E-state index contributed by atoms with van der Waals surface area (Å²) in [7, 11) is 5.38. The van der Waals surface area contributed by atoms with Crippen LogP contribution in [-0.4, -0.2) is 36.1 Å². The van der Waals surface area contributed by atoms with E-state index in [0.29, 0.717) is 0 Å². The van der Waals surface area contributed by atoms with Crippen LogP contribution in [0.1, 0.15) is 0 Å². The average molecular weight is 269 g/mol. The van der Waals surface area contributed by atoms with Crippen LogP contribution in [-0.2, 0) is 18.8 Å². The summed E-state index contributed by atoms with van der Waals surface area (Å²) in [6, 6.07) is 0. The van der Waals surface area contributed by atoms with Gasteiger partial charge in [0.05, 0.1) is 7.11 Å². The number of aliphatic imine (C=N–C) groups is 1. The highest BCUT2D eigenvalue weighted by molar-refractivity contribution is 5.72. The predicted octanol–water partition coefficient (Wildman–Crippen LogP) is -0.877. The number of anilines is 1. The lowest BCUT2D eigenvalue weighted by Gasteiger charge is -2.21. The average Bonchev–Trinajstić information content (AvgIpc) is 2.39. The first kappa shape index (κ1) is 14.5. The smallest absolute Gasteiger partial charge is 0.425 e. The van der Waals surface area contributed by atoms with E-state index in [-0.39, 0.29) is 11.5 Å². The number of nitrogens with zero attached hydrogens (tertiary/aromatic N) is 4. The largest absolute Gasteiger partial charge is 0.452 e. The second-order valence-corrected chi connectivity index (χ2v) is 3.70. The fourth-order valence-electron chi connectivity index (χ4n) is 1.53. The lowest BCUT2D eigenvalue weighted by molar-refractivity contribution is 0.170. The highest BCUT2D eigenvalue weighted by atomic mass is 16.5. The molecule has 0 radical (unpaired) electrons. The van der Waals surface area contributed by atoms with Crippen molar-refractivity contribution in [3.05, 3.63) is 20.8 Å². The number of hydrogen-bond acceptors (Lipinski definition) is 6. The van der Waals surface area contributed by atoms with Crippen LogP contribution < -0.4 is 21.7 Å². The van der Waals surface area contributed by atoms with Crippen LogP contribution in [0.4, 0.5) is 16.3 Å². The molecule has 1 aromatic rings. The van der Waals surface area contributed by atoms with Crippen molar-refractivity contribution in [3.8, 4) is 0 Å². The van der Waals surface area contributed by atoms with Gasteiger partial charge in [0, 0.05) is 21.1 Å². The zero-order valence-corrected chi connectivity index (χ0v) is 11.1. The number of carbonyl (C=O) groups is 1. The van der Waals surface area contributed by atoms with Crippen LogP contribution >= 0.6 is 0 Å². The third kappa shape index (κ3) is 2.49. The van der Waals surface area contributed by atoms with E-state index in [1.54, 1.807) is 0 Å². The van der Waals surface area contributed by atoms with E-state index in [1.165, 1.54) is 28.3 Å². The quantitative estimate of drug-likeness (QED) is 0.568. The molecule has 0 aliphatic heterocycles. The van der Waals surface area contributed by atoms with Gasteiger partial charge in [-0.2, -0.15) is 0 Å². The first-order valence-corrected chi connectivity index (χ1v) is 5.20. The van der Waals surface area contributed by atoms with Gasteiger partial charge in [-0.15, -0.1) is 0 Å². The first-order valence-electron chi connectivity index (χ1n) is 5.20. The maximum atomic E-state index is 12.1. The molecule has 0 spiro atoms. The molecule has 19 heavy (non-hydrogen) atoms. The molecule has 0 saturated heterocycles. The SMILES string of the molecule is C=Nc1c(N(C)NC(=O)OC)c(=O)n(C)c(=O)n1C. The van der Waals surface area contributed by atoms with Crippen molar-refractivity contribution >= 4 is 24.3 Å². The van der Waals surface area contributed by atoms with Gasteiger partial charge in [-0.25, -0.2) is 20.0 Å². The van der Waals surface area contributed by atoms with Crippen molar-refractivity contribution < 1.29 is 9.53 Å². The van der Waals surface area contributed by atoms with Gasteiger partial charge in [-0.3, -0.25) is 18.9 Å². The minimum absolute atomic E-state index is 0.00463. The third-order valence-electron chi connectivity index (χ3n) is 2.54. The maximum absolute atomic E-state index is 12.1. The Kier molecular flexibility index (Phi) is 4.10. The van der Waals surface area contributed by atoms with E-state index < -0.39 is 17.3 Å². The summed E-state index contributed by atoms with van der Waals surface area (Å²) in [5.74, 6) is 0.0482. The second kappa shape index (κ2) is 5.38. The van der Waals surface area contributed by atoms with E-state index in [1.807, 2.05) is 0 Å². The van der Waals surface area contributed by atoms with Gasteiger partial charge >= 0.3 is 11.8 Å². The van der Waals surface area contributed by atoms with Crippen LogP contribution in [0.2, 0.25) is 0 Å². The fourth-order valence-corrected chi connectivity index (χ4v) is 1.53. The molecule has 1 rings (SSSR count). The molecule has 0 aliphatic rings. The van der Waals surface area contributed by atoms with Crippen molar-refractivity contribution in [1.29, 1.82) is 0 Å². The minimum Gasteiger partial charge on any atom is -0.452 e.